The Balaban J connectivity index is 1.56. The quantitative estimate of drug-likeness (QED) is 0.805. The zero-order chi connectivity index (χ0) is 21.5. The third-order valence-electron chi connectivity index (χ3n) is 6.60. The number of carboxylic acids is 1. The Hall–Kier alpha value is -3.00. The van der Waals surface area contributed by atoms with Crippen molar-refractivity contribution in [1.29, 1.82) is 0 Å². The van der Waals surface area contributed by atoms with Crippen molar-refractivity contribution >= 4 is 17.8 Å². The molecule has 0 unspecified atom stereocenters. The minimum absolute atomic E-state index is 0.114. The van der Waals surface area contributed by atoms with Crippen LogP contribution in [0.1, 0.15) is 41.6 Å². The van der Waals surface area contributed by atoms with Crippen LogP contribution >= 0.6 is 0 Å². The highest BCUT2D eigenvalue weighted by Crippen LogP contribution is 2.46. The molecule has 2 aromatic rings. The minimum Gasteiger partial charge on any atom is -0.478 e. The lowest BCUT2D eigenvalue weighted by atomic mass is 9.69. The van der Waals surface area contributed by atoms with Gasteiger partial charge < -0.3 is 10.4 Å². The van der Waals surface area contributed by atoms with Crippen molar-refractivity contribution in [3.05, 3.63) is 59.5 Å². The third kappa shape index (κ3) is 3.31. The van der Waals surface area contributed by atoms with Crippen LogP contribution in [0.4, 0.5) is 15.0 Å². The van der Waals surface area contributed by atoms with Crippen molar-refractivity contribution in [2.45, 2.75) is 36.8 Å². The summed E-state index contributed by atoms with van der Waals surface area (Å²) in [6.45, 7) is 0.306. The number of rotatable bonds is 4. The number of nitrogens with one attached hydrogen (secondary N) is 1. The molecular weight excluding hydrogens is 387 g/mol. The van der Waals surface area contributed by atoms with E-state index in [1.165, 1.54) is 10.5 Å². The molecule has 7 nitrogen and oxygen atoms in total. The Morgan fingerprint density at radius 2 is 1.87 bits per heavy atom. The molecule has 2 amide bonds. The maximum absolute atomic E-state index is 14.5. The van der Waals surface area contributed by atoms with Gasteiger partial charge in [-0.3, -0.25) is 9.80 Å². The largest absolute Gasteiger partial charge is 0.478 e. The van der Waals surface area contributed by atoms with Crippen LogP contribution in [0.5, 0.6) is 0 Å². The number of carboxylic acid groups (broad SMARTS) is 1. The van der Waals surface area contributed by atoms with Gasteiger partial charge in [0.2, 0.25) is 0 Å². The van der Waals surface area contributed by atoms with Crippen molar-refractivity contribution < 1.29 is 19.1 Å². The standard InChI is InChI=1S/C22H25FN4O3/c1-26(2)22(16-6-4-3-5-7-16)10-8-21(9-11-22)14-27(20(30)25-21)18-17(23)12-15(13-24-18)19(28)29/h3-7,12-13H,8-11,14H2,1-2H3,(H,25,30)(H,28,29). The van der Waals surface area contributed by atoms with Crippen LogP contribution in [0.3, 0.4) is 0 Å². The van der Waals surface area contributed by atoms with E-state index in [0.717, 1.165) is 37.9 Å². The first kappa shape index (κ1) is 20.3. The third-order valence-corrected chi connectivity index (χ3v) is 6.60. The number of pyridine rings is 1. The predicted octanol–water partition coefficient (Wildman–Crippen LogP) is 3.22. The number of nitrogens with zero attached hydrogens (tertiary/aromatic N) is 3. The summed E-state index contributed by atoms with van der Waals surface area (Å²) in [5.74, 6) is -2.21. The molecule has 2 N–H and O–H groups in total. The molecule has 0 bridgehead atoms. The van der Waals surface area contributed by atoms with Gasteiger partial charge in [0.05, 0.1) is 17.6 Å². The molecular formula is C22H25FN4O3. The molecule has 2 aliphatic rings. The van der Waals surface area contributed by atoms with E-state index < -0.39 is 23.4 Å². The van der Waals surface area contributed by atoms with E-state index in [0.29, 0.717) is 6.54 Å². The molecule has 8 heteroatoms. The van der Waals surface area contributed by atoms with Crippen LogP contribution in [0.15, 0.2) is 42.6 Å². The van der Waals surface area contributed by atoms with Crippen molar-refractivity contribution in [1.82, 2.24) is 15.2 Å². The normalized spacial score (nSPS) is 26.3. The lowest BCUT2D eigenvalue weighted by molar-refractivity contribution is 0.0657. The number of carbonyl (C=O) groups is 2. The highest BCUT2D eigenvalue weighted by Gasteiger charge is 2.50. The zero-order valence-electron chi connectivity index (χ0n) is 17.1. The average molecular weight is 412 g/mol. The summed E-state index contributed by atoms with van der Waals surface area (Å²) in [5.41, 5.74) is 0.437. The van der Waals surface area contributed by atoms with E-state index >= 15 is 0 Å². The van der Waals surface area contributed by atoms with Crippen LogP contribution in [-0.2, 0) is 5.54 Å². The van der Waals surface area contributed by atoms with E-state index in [1.54, 1.807) is 0 Å². The summed E-state index contributed by atoms with van der Waals surface area (Å²) in [7, 11) is 4.15. The number of aromatic carboxylic acids is 1. The molecule has 4 rings (SSSR count). The fourth-order valence-electron chi connectivity index (χ4n) is 4.79. The van der Waals surface area contributed by atoms with Crippen LogP contribution in [0.2, 0.25) is 0 Å². The molecule has 1 aliphatic carbocycles. The van der Waals surface area contributed by atoms with Gasteiger partial charge >= 0.3 is 12.0 Å². The van der Waals surface area contributed by atoms with Crippen LogP contribution in [0, 0.1) is 5.82 Å². The number of urea groups is 1. The van der Waals surface area contributed by atoms with Gasteiger partial charge in [-0.25, -0.2) is 19.0 Å². The van der Waals surface area contributed by atoms with Gasteiger partial charge in [-0.15, -0.1) is 0 Å². The molecule has 1 aromatic heterocycles. The average Bonchev–Trinajstić information content (AvgIpc) is 3.04. The molecule has 2 fully saturated rings. The summed E-state index contributed by atoms with van der Waals surface area (Å²) in [6.07, 6.45) is 4.28. The molecule has 2 heterocycles. The van der Waals surface area contributed by atoms with Gasteiger partial charge in [0, 0.05) is 11.7 Å². The van der Waals surface area contributed by atoms with Gasteiger partial charge in [-0.2, -0.15) is 0 Å². The molecule has 0 atom stereocenters. The molecule has 1 saturated heterocycles. The highest BCUT2D eigenvalue weighted by molar-refractivity contribution is 5.95. The Labute approximate surface area is 174 Å². The van der Waals surface area contributed by atoms with Crippen LogP contribution in [-0.4, -0.2) is 53.2 Å². The molecule has 1 saturated carbocycles. The Kier molecular flexibility index (Phi) is 4.97. The second kappa shape index (κ2) is 7.36. The Bertz CT molecular complexity index is 972. The van der Waals surface area contributed by atoms with E-state index in [4.69, 9.17) is 5.11 Å². The summed E-state index contributed by atoms with van der Waals surface area (Å²) in [6, 6.07) is 10.9. The first-order chi connectivity index (χ1) is 14.3. The molecule has 1 aliphatic heterocycles. The molecule has 1 spiro atoms. The predicted molar refractivity (Wildman–Crippen MR) is 110 cm³/mol. The number of hydrogen-bond acceptors (Lipinski definition) is 4. The highest BCUT2D eigenvalue weighted by atomic mass is 19.1. The van der Waals surface area contributed by atoms with Gasteiger partial charge in [0.1, 0.15) is 0 Å². The Morgan fingerprint density at radius 1 is 1.20 bits per heavy atom. The van der Waals surface area contributed by atoms with Gasteiger partial charge in [-0.05, 0) is 51.4 Å². The number of hydrogen-bond donors (Lipinski definition) is 2. The smallest absolute Gasteiger partial charge is 0.337 e. The Morgan fingerprint density at radius 3 is 2.43 bits per heavy atom. The first-order valence-electron chi connectivity index (χ1n) is 9.98. The van der Waals surface area contributed by atoms with E-state index in [-0.39, 0.29) is 16.9 Å². The number of anilines is 1. The maximum Gasteiger partial charge on any atom is 0.337 e. The van der Waals surface area contributed by atoms with Crippen molar-refractivity contribution in [2.75, 3.05) is 25.5 Å². The monoisotopic (exact) mass is 412 g/mol. The molecule has 0 radical (unpaired) electrons. The van der Waals surface area contributed by atoms with Crippen LogP contribution in [0.25, 0.3) is 0 Å². The summed E-state index contributed by atoms with van der Waals surface area (Å²) < 4.78 is 14.5. The van der Waals surface area contributed by atoms with Crippen molar-refractivity contribution in [2.24, 2.45) is 0 Å². The van der Waals surface area contributed by atoms with Gasteiger partial charge in [-0.1, -0.05) is 30.3 Å². The summed E-state index contributed by atoms with van der Waals surface area (Å²) >= 11 is 0. The SMILES string of the molecule is CN(C)C1(c2ccccc2)CCC2(CC1)CN(c1ncc(C(=O)O)cc1F)C(=O)N2. The minimum atomic E-state index is -1.26. The van der Waals surface area contributed by atoms with Gasteiger partial charge in [0.25, 0.3) is 0 Å². The summed E-state index contributed by atoms with van der Waals surface area (Å²) in [5, 5.41) is 12.1. The van der Waals surface area contributed by atoms with Crippen molar-refractivity contribution in [3.63, 3.8) is 0 Å². The van der Waals surface area contributed by atoms with E-state index in [1.807, 2.05) is 18.2 Å². The lowest BCUT2D eigenvalue weighted by Crippen LogP contribution is -2.54. The van der Waals surface area contributed by atoms with Gasteiger partial charge in [0.15, 0.2) is 11.6 Å². The summed E-state index contributed by atoms with van der Waals surface area (Å²) in [4.78, 5) is 31.1. The molecule has 158 valence electrons. The second-order valence-corrected chi connectivity index (χ2v) is 8.42. The zero-order valence-corrected chi connectivity index (χ0v) is 17.1. The fraction of sp³-hybridized carbons (Fsp3) is 0.409. The number of aromatic nitrogens is 1. The number of benzene rings is 1. The van der Waals surface area contributed by atoms with Crippen molar-refractivity contribution in [3.8, 4) is 0 Å². The second-order valence-electron chi connectivity index (χ2n) is 8.42. The lowest BCUT2D eigenvalue weighted by Gasteiger charge is -2.48. The van der Waals surface area contributed by atoms with E-state index in [9.17, 15) is 14.0 Å². The number of carbonyl (C=O) groups excluding carboxylic acids is 1. The molecule has 1 aromatic carbocycles. The van der Waals surface area contributed by atoms with E-state index in [2.05, 4.69) is 41.4 Å². The maximum atomic E-state index is 14.5. The number of amides is 2. The number of halogens is 1. The van der Waals surface area contributed by atoms with Crippen LogP contribution < -0.4 is 10.2 Å². The fourth-order valence-corrected chi connectivity index (χ4v) is 4.79. The first-order valence-corrected chi connectivity index (χ1v) is 9.98. The topological polar surface area (TPSA) is 85.8 Å². The molecule has 30 heavy (non-hydrogen) atoms.